The summed E-state index contributed by atoms with van der Waals surface area (Å²) in [5, 5.41) is -0.429. The summed E-state index contributed by atoms with van der Waals surface area (Å²) in [5.41, 5.74) is 3.78. The number of carbonyl (C=O) groups excluding carboxylic acids is 4. The number of methoxy groups -OCH3 is 1. The number of hydrogen-bond donors (Lipinski definition) is 0. The highest BCUT2D eigenvalue weighted by Crippen LogP contribution is 2.34. The molecule has 2 saturated heterocycles. The lowest BCUT2D eigenvalue weighted by molar-refractivity contribution is -0.136. The lowest BCUT2D eigenvalue weighted by atomic mass is 10.1. The lowest BCUT2D eigenvalue weighted by Crippen LogP contribution is -2.44. The third-order valence-corrected chi connectivity index (χ3v) is 7.07. The number of esters is 1. The predicted octanol–water partition coefficient (Wildman–Crippen LogP) is 3.93. The van der Waals surface area contributed by atoms with Crippen LogP contribution in [-0.2, 0) is 14.3 Å². The van der Waals surface area contributed by atoms with Crippen molar-refractivity contribution in [3.63, 3.8) is 0 Å². The van der Waals surface area contributed by atoms with Crippen LogP contribution in [0.25, 0.3) is 11.8 Å². The normalized spacial score (nSPS) is 17.6. The van der Waals surface area contributed by atoms with Gasteiger partial charge in [-0.25, -0.2) is 4.79 Å². The number of thioether (sulfide) groups is 1. The van der Waals surface area contributed by atoms with Gasteiger partial charge < -0.3 is 14.2 Å². The van der Waals surface area contributed by atoms with Gasteiger partial charge >= 0.3 is 5.97 Å². The fraction of sp³-hybridized carbons (Fsp3) is 0.360. The monoisotopic (exact) mass is 481 g/mol. The van der Waals surface area contributed by atoms with Crippen LogP contribution in [0.3, 0.4) is 0 Å². The summed E-state index contributed by atoms with van der Waals surface area (Å²) in [7, 11) is 1.34. The highest BCUT2D eigenvalue weighted by atomic mass is 32.2. The van der Waals surface area contributed by atoms with E-state index in [9.17, 15) is 19.2 Å². The summed E-state index contributed by atoms with van der Waals surface area (Å²) in [6.45, 7) is 4.97. The van der Waals surface area contributed by atoms with Crippen molar-refractivity contribution in [3.8, 4) is 5.69 Å². The first-order valence-electron chi connectivity index (χ1n) is 11.2. The second-order valence-electron chi connectivity index (χ2n) is 8.41. The van der Waals surface area contributed by atoms with Crippen LogP contribution in [0.5, 0.6) is 0 Å². The van der Waals surface area contributed by atoms with Crippen molar-refractivity contribution in [1.82, 2.24) is 14.4 Å². The SMILES string of the molecule is COC(=O)c1cccc(-n2c(C)cc(C=C3SC(=O)N(CC(=O)N4CCCCC4)C3=O)c2C)c1. The number of ether oxygens (including phenoxy) is 1. The maximum Gasteiger partial charge on any atom is 0.337 e. The van der Waals surface area contributed by atoms with Gasteiger partial charge in [0.05, 0.1) is 17.6 Å². The molecule has 3 amide bonds. The number of hydrogen-bond acceptors (Lipinski definition) is 6. The Morgan fingerprint density at radius 1 is 1.09 bits per heavy atom. The van der Waals surface area contributed by atoms with E-state index in [4.69, 9.17) is 4.74 Å². The van der Waals surface area contributed by atoms with Gasteiger partial charge in [-0.15, -0.1) is 0 Å². The topological polar surface area (TPSA) is 88.9 Å². The van der Waals surface area contributed by atoms with E-state index in [0.29, 0.717) is 23.6 Å². The first kappa shape index (κ1) is 23.8. The molecule has 1 aromatic carbocycles. The van der Waals surface area contributed by atoms with Gasteiger partial charge in [-0.1, -0.05) is 6.07 Å². The van der Waals surface area contributed by atoms with Gasteiger partial charge in [0.25, 0.3) is 11.1 Å². The van der Waals surface area contributed by atoms with E-state index in [0.717, 1.165) is 58.6 Å². The molecule has 9 heteroatoms. The molecule has 4 rings (SSSR count). The number of rotatable bonds is 5. The standard InChI is InChI=1S/C25H27N3O5S/c1-16-12-19(17(2)28(16)20-9-7-8-18(13-20)24(31)33-3)14-21-23(30)27(25(32)34-21)15-22(29)26-10-5-4-6-11-26/h7-9,12-14H,4-6,10-11,15H2,1-3H3. The van der Waals surface area contributed by atoms with Crippen molar-refractivity contribution in [2.24, 2.45) is 0 Å². The molecule has 0 aliphatic carbocycles. The number of carbonyl (C=O) groups is 4. The molecule has 3 heterocycles. The fourth-order valence-corrected chi connectivity index (χ4v) is 5.21. The van der Waals surface area contributed by atoms with Crippen molar-refractivity contribution in [3.05, 3.63) is 57.8 Å². The molecule has 2 fully saturated rings. The van der Waals surface area contributed by atoms with Gasteiger partial charge in [-0.2, -0.15) is 0 Å². The average Bonchev–Trinajstić information content (AvgIpc) is 3.27. The first-order valence-corrected chi connectivity index (χ1v) is 12.0. The third-order valence-electron chi connectivity index (χ3n) is 6.16. The zero-order valence-electron chi connectivity index (χ0n) is 19.5. The molecule has 0 spiro atoms. The van der Waals surface area contributed by atoms with Crippen molar-refractivity contribution in [2.75, 3.05) is 26.7 Å². The van der Waals surface area contributed by atoms with Crippen LogP contribution in [-0.4, -0.2) is 64.1 Å². The summed E-state index contributed by atoms with van der Waals surface area (Å²) in [4.78, 5) is 53.0. The Labute approximate surface area is 202 Å². The molecule has 0 unspecified atom stereocenters. The highest BCUT2D eigenvalue weighted by molar-refractivity contribution is 8.18. The molecule has 1 aromatic heterocycles. The van der Waals surface area contributed by atoms with Crippen LogP contribution in [0, 0.1) is 13.8 Å². The molecule has 0 atom stereocenters. The number of imide groups is 1. The molecular weight excluding hydrogens is 454 g/mol. The molecular formula is C25H27N3O5S. The first-order chi connectivity index (χ1) is 16.3. The minimum atomic E-state index is -0.446. The van der Waals surface area contributed by atoms with E-state index in [2.05, 4.69) is 0 Å². The summed E-state index contributed by atoms with van der Waals surface area (Å²) in [6.07, 6.45) is 4.69. The Balaban J connectivity index is 1.57. The number of aryl methyl sites for hydroxylation is 1. The van der Waals surface area contributed by atoms with Crippen molar-refractivity contribution < 1.29 is 23.9 Å². The minimum Gasteiger partial charge on any atom is -0.465 e. The zero-order valence-corrected chi connectivity index (χ0v) is 20.3. The number of benzene rings is 1. The second kappa shape index (κ2) is 9.89. The van der Waals surface area contributed by atoms with E-state index >= 15 is 0 Å². The summed E-state index contributed by atoms with van der Waals surface area (Å²) in [6, 6.07) is 9.02. The van der Waals surface area contributed by atoms with E-state index in [1.165, 1.54) is 7.11 Å². The number of piperidine rings is 1. The van der Waals surface area contributed by atoms with Gasteiger partial charge in [0, 0.05) is 30.2 Å². The Hall–Kier alpha value is -3.33. The maximum absolute atomic E-state index is 13.0. The Morgan fingerprint density at radius 3 is 2.53 bits per heavy atom. The largest absolute Gasteiger partial charge is 0.465 e. The molecule has 0 radical (unpaired) electrons. The molecule has 2 aromatic rings. The van der Waals surface area contributed by atoms with Gasteiger partial charge in [-0.05, 0) is 80.8 Å². The average molecular weight is 482 g/mol. The smallest absolute Gasteiger partial charge is 0.337 e. The molecule has 0 N–H and O–H groups in total. The van der Waals surface area contributed by atoms with Crippen LogP contribution in [0.4, 0.5) is 4.79 Å². The molecule has 2 aliphatic rings. The van der Waals surface area contributed by atoms with Crippen LogP contribution < -0.4 is 0 Å². The number of nitrogens with zero attached hydrogens (tertiary/aromatic N) is 3. The van der Waals surface area contributed by atoms with Gasteiger partial charge in [0.2, 0.25) is 5.91 Å². The number of aromatic nitrogens is 1. The summed E-state index contributed by atoms with van der Waals surface area (Å²) in [5.74, 6) is -1.05. The van der Waals surface area contributed by atoms with Crippen LogP contribution in [0.1, 0.15) is 46.6 Å². The Kier molecular flexibility index (Phi) is 6.92. The summed E-state index contributed by atoms with van der Waals surface area (Å²) < 4.78 is 6.79. The van der Waals surface area contributed by atoms with Crippen LogP contribution >= 0.6 is 11.8 Å². The predicted molar refractivity (Wildman–Crippen MR) is 130 cm³/mol. The number of amides is 3. The molecule has 178 valence electrons. The maximum atomic E-state index is 13.0. The van der Waals surface area contributed by atoms with Crippen LogP contribution in [0.15, 0.2) is 35.2 Å². The van der Waals surface area contributed by atoms with E-state index in [-0.39, 0.29) is 12.5 Å². The van der Waals surface area contributed by atoms with Crippen molar-refractivity contribution in [2.45, 2.75) is 33.1 Å². The molecule has 8 nitrogen and oxygen atoms in total. The van der Waals surface area contributed by atoms with Crippen LogP contribution in [0.2, 0.25) is 0 Å². The minimum absolute atomic E-state index is 0.188. The quantitative estimate of drug-likeness (QED) is 0.475. The Bertz CT molecular complexity index is 1190. The second-order valence-corrected chi connectivity index (χ2v) is 9.41. The molecule has 0 saturated carbocycles. The van der Waals surface area contributed by atoms with E-state index in [1.807, 2.05) is 30.5 Å². The van der Waals surface area contributed by atoms with Crippen molar-refractivity contribution >= 4 is 40.9 Å². The summed E-state index contributed by atoms with van der Waals surface area (Å²) >= 11 is 0.852. The lowest BCUT2D eigenvalue weighted by Gasteiger charge is -2.27. The van der Waals surface area contributed by atoms with Gasteiger partial charge in [-0.3, -0.25) is 19.3 Å². The van der Waals surface area contributed by atoms with Crippen molar-refractivity contribution in [1.29, 1.82) is 0 Å². The van der Waals surface area contributed by atoms with E-state index < -0.39 is 17.1 Å². The van der Waals surface area contributed by atoms with Gasteiger partial charge in [0.15, 0.2) is 0 Å². The van der Waals surface area contributed by atoms with Gasteiger partial charge in [0.1, 0.15) is 6.54 Å². The molecule has 0 bridgehead atoms. The molecule has 2 aliphatic heterocycles. The Morgan fingerprint density at radius 2 is 1.82 bits per heavy atom. The fourth-order valence-electron chi connectivity index (χ4n) is 4.38. The third kappa shape index (κ3) is 4.65. The van der Waals surface area contributed by atoms with E-state index in [1.54, 1.807) is 29.2 Å². The molecule has 34 heavy (non-hydrogen) atoms. The zero-order chi connectivity index (χ0) is 24.4. The number of likely N-dealkylation sites (tertiary alicyclic amines) is 1. The highest BCUT2D eigenvalue weighted by Gasteiger charge is 2.37.